The zero-order chi connectivity index (χ0) is 19.0. The third kappa shape index (κ3) is 3.59. The summed E-state index contributed by atoms with van der Waals surface area (Å²) >= 11 is 0. The van der Waals surface area contributed by atoms with Gasteiger partial charge in [-0.25, -0.2) is 9.97 Å². The van der Waals surface area contributed by atoms with Gasteiger partial charge in [-0.15, -0.1) is 0 Å². The van der Waals surface area contributed by atoms with Crippen molar-refractivity contribution in [1.82, 2.24) is 14.9 Å². The molecule has 1 atom stereocenters. The van der Waals surface area contributed by atoms with Gasteiger partial charge < -0.3 is 14.8 Å². The van der Waals surface area contributed by atoms with Crippen LogP contribution >= 0.6 is 0 Å². The van der Waals surface area contributed by atoms with Gasteiger partial charge in [0.05, 0.1) is 31.4 Å². The Bertz CT molecular complexity index is 837. The predicted molar refractivity (Wildman–Crippen MR) is 107 cm³/mol. The predicted octanol–water partition coefficient (Wildman–Crippen LogP) is 2.98. The highest BCUT2D eigenvalue weighted by atomic mass is 16.5. The summed E-state index contributed by atoms with van der Waals surface area (Å²) in [7, 11) is 1.70. The number of anilines is 1. The third-order valence-electron chi connectivity index (χ3n) is 6.25. The lowest BCUT2D eigenvalue weighted by Crippen LogP contribution is -2.40. The van der Waals surface area contributed by atoms with E-state index >= 15 is 0 Å². The second kappa shape index (κ2) is 7.33. The van der Waals surface area contributed by atoms with Crippen molar-refractivity contribution in [1.29, 1.82) is 0 Å². The Kier molecular flexibility index (Phi) is 4.69. The van der Waals surface area contributed by atoms with Crippen molar-refractivity contribution in [3.63, 3.8) is 0 Å². The zero-order valence-electron chi connectivity index (χ0n) is 16.5. The van der Waals surface area contributed by atoms with Crippen molar-refractivity contribution < 1.29 is 9.47 Å². The van der Waals surface area contributed by atoms with Gasteiger partial charge in [0.1, 0.15) is 5.75 Å². The van der Waals surface area contributed by atoms with Crippen LogP contribution in [0.5, 0.6) is 5.75 Å². The number of ether oxygens (including phenoxy) is 2. The van der Waals surface area contributed by atoms with E-state index in [2.05, 4.69) is 27.3 Å². The molecule has 1 N–H and O–H groups in total. The third-order valence-corrected chi connectivity index (χ3v) is 6.25. The van der Waals surface area contributed by atoms with Crippen molar-refractivity contribution in [3.05, 3.63) is 47.3 Å². The summed E-state index contributed by atoms with van der Waals surface area (Å²) in [6.07, 6.45) is 5.70. The Labute approximate surface area is 166 Å². The maximum Gasteiger partial charge on any atom is 0.222 e. The molecule has 0 radical (unpaired) electrons. The molecule has 0 amide bonds. The Morgan fingerprint density at radius 1 is 1.29 bits per heavy atom. The quantitative estimate of drug-likeness (QED) is 0.831. The van der Waals surface area contributed by atoms with E-state index in [1.807, 2.05) is 18.3 Å². The van der Waals surface area contributed by atoms with Crippen molar-refractivity contribution >= 4 is 5.95 Å². The van der Waals surface area contributed by atoms with Gasteiger partial charge in [-0.1, -0.05) is 12.1 Å². The first kappa shape index (κ1) is 17.9. The fourth-order valence-electron chi connectivity index (χ4n) is 4.43. The normalized spacial score (nSPS) is 24.3. The lowest BCUT2D eigenvalue weighted by molar-refractivity contribution is 0.0503. The van der Waals surface area contributed by atoms with E-state index in [1.165, 1.54) is 24.1 Å². The van der Waals surface area contributed by atoms with E-state index in [9.17, 15) is 0 Å². The van der Waals surface area contributed by atoms with Gasteiger partial charge >= 0.3 is 0 Å². The molecule has 148 valence electrons. The van der Waals surface area contributed by atoms with Gasteiger partial charge in [0, 0.05) is 31.4 Å². The van der Waals surface area contributed by atoms with E-state index < -0.39 is 0 Å². The van der Waals surface area contributed by atoms with E-state index in [0.717, 1.165) is 62.4 Å². The van der Waals surface area contributed by atoms with Crippen LogP contribution in [0.25, 0.3) is 0 Å². The number of benzene rings is 1. The Morgan fingerprint density at radius 3 is 2.93 bits per heavy atom. The molecule has 2 aromatic rings. The molecule has 1 saturated heterocycles. The Hall–Kier alpha value is -2.18. The zero-order valence-corrected chi connectivity index (χ0v) is 16.5. The highest BCUT2D eigenvalue weighted by molar-refractivity contribution is 5.37. The van der Waals surface area contributed by atoms with Gasteiger partial charge in [-0.05, 0) is 49.4 Å². The molecule has 3 heterocycles. The van der Waals surface area contributed by atoms with Gasteiger partial charge in [-0.2, -0.15) is 0 Å². The number of fused-ring (bicyclic) bond motifs is 2. The molecule has 6 nitrogen and oxygen atoms in total. The molecule has 1 aliphatic carbocycles. The summed E-state index contributed by atoms with van der Waals surface area (Å²) in [5.74, 6) is 2.49. The molecule has 1 unspecified atom stereocenters. The first-order chi connectivity index (χ1) is 13.7. The summed E-state index contributed by atoms with van der Waals surface area (Å²) in [4.78, 5) is 12.0. The summed E-state index contributed by atoms with van der Waals surface area (Å²) in [6, 6.07) is 8.37. The lowest BCUT2D eigenvalue weighted by Gasteiger charge is -2.34. The van der Waals surface area contributed by atoms with Crippen LogP contribution in [0.15, 0.2) is 30.5 Å². The number of hydrogen-bond acceptors (Lipinski definition) is 6. The van der Waals surface area contributed by atoms with Crippen LogP contribution in [0.4, 0.5) is 5.95 Å². The molecule has 5 rings (SSSR count). The van der Waals surface area contributed by atoms with Crippen LogP contribution in [-0.4, -0.2) is 48.2 Å². The molecule has 2 aliphatic heterocycles. The molecule has 3 aliphatic rings. The van der Waals surface area contributed by atoms with Crippen molar-refractivity contribution in [2.45, 2.75) is 37.8 Å². The van der Waals surface area contributed by atoms with Crippen molar-refractivity contribution in [2.75, 3.05) is 38.7 Å². The van der Waals surface area contributed by atoms with Crippen LogP contribution < -0.4 is 10.1 Å². The second-order valence-corrected chi connectivity index (χ2v) is 8.47. The fourth-order valence-corrected chi connectivity index (χ4v) is 4.43. The number of likely N-dealkylation sites (tertiary alicyclic amines) is 1. The SMILES string of the molecule is COc1ccc(CN2CCC3(COCc4cnc(NCC5CC5)nc43)C2)cc1. The number of hydrogen-bond donors (Lipinski definition) is 1. The maximum atomic E-state index is 5.97. The second-order valence-electron chi connectivity index (χ2n) is 8.47. The topological polar surface area (TPSA) is 59.5 Å². The first-order valence-corrected chi connectivity index (χ1v) is 10.3. The number of methoxy groups -OCH3 is 1. The smallest absolute Gasteiger partial charge is 0.222 e. The van der Waals surface area contributed by atoms with Gasteiger partial charge in [-0.3, -0.25) is 4.90 Å². The van der Waals surface area contributed by atoms with Gasteiger partial charge in [0.15, 0.2) is 0 Å². The summed E-state index contributed by atoms with van der Waals surface area (Å²) in [5.41, 5.74) is 3.64. The molecule has 1 aromatic heterocycles. The summed E-state index contributed by atoms with van der Waals surface area (Å²) in [5, 5.41) is 3.44. The number of aromatic nitrogens is 2. The van der Waals surface area contributed by atoms with E-state index in [0.29, 0.717) is 6.61 Å². The Morgan fingerprint density at radius 2 is 2.14 bits per heavy atom. The standard InChI is InChI=1S/C22H28N4O2/c1-27-19-6-4-17(5-7-19)12-26-9-8-22(14-26)15-28-13-18-11-24-21(25-20(18)22)23-10-16-2-3-16/h4-7,11,16H,2-3,8-10,12-15H2,1H3,(H,23,24,25). The van der Waals surface area contributed by atoms with Crippen LogP contribution in [-0.2, 0) is 23.3 Å². The molecule has 6 heteroatoms. The lowest BCUT2D eigenvalue weighted by atomic mass is 9.80. The minimum Gasteiger partial charge on any atom is -0.497 e. The average molecular weight is 380 g/mol. The minimum atomic E-state index is -0.0149. The number of nitrogens with one attached hydrogen (secondary N) is 1. The first-order valence-electron chi connectivity index (χ1n) is 10.3. The molecular formula is C22H28N4O2. The van der Waals surface area contributed by atoms with E-state index in [-0.39, 0.29) is 5.41 Å². The van der Waals surface area contributed by atoms with Crippen molar-refractivity contribution in [3.8, 4) is 5.75 Å². The average Bonchev–Trinajstić information content (AvgIpc) is 3.48. The molecule has 28 heavy (non-hydrogen) atoms. The monoisotopic (exact) mass is 380 g/mol. The summed E-state index contributed by atoms with van der Waals surface area (Å²) < 4.78 is 11.2. The van der Waals surface area contributed by atoms with Gasteiger partial charge in [0.25, 0.3) is 0 Å². The molecule has 2 fully saturated rings. The van der Waals surface area contributed by atoms with Crippen LogP contribution in [0.2, 0.25) is 0 Å². The van der Waals surface area contributed by atoms with E-state index in [1.54, 1.807) is 7.11 Å². The molecule has 1 saturated carbocycles. The van der Waals surface area contributed by atoms with Crippen molar-refractivity contribution in [2.24, 2.45) is 5.92 Å². The van der Waals surface area contributed by atoms with Crippen LogP contribution in [0, 0.1) is 5.92 Å². The van der Waals surface area contributed by atoms with Gasteiger partial charge in [0.2, 0.25) is 5.95 Å². The highest BCUT2D eigenvalue weighted by Gasteiger charge is 2.44. The highest BCUT2D eigenvalue weighted by Crippen LogP contribution is 2.40. The van der Waals surface area contributed by atoms with E-state index in [4.69, 9.17) is 14.5 Å². The number of nitrogens with zero attached hydrogens (tertiary/aromatic N) is 3. The number of rotatable bonds is 6. The largest absolute Gasteiger partial charge is 0.497 e. The van der Waals surface area contributed by atoms with Crippen LogP contribution in [0.1, 0.15) is 36.1 Å². The maximum absolute atomic E-state index is 5.97. The minimum absolute atomic E-state index is 0.0149. The molecule has 1 spiro atoms. The molecule has 0 bridgehead atoms. The molecular weight excluding hydrogens is 352 g/mol. The van der Waals surface area contributed by atoms with Crippen LogP contribution in [0.3, 0.4) is 0 Å². The molecule has 1 aromatic carbocycles. The Balaban J connectivity index is 1.32. The fraction of sp³-hybridized carbons (Fsp3) is 0.545. The summed E-state index contributed by atoms with van der Waals surface area (Å²) in [6.45, 7) is 5.34.